The van der Waals surface area contributed by atoms with Crippen molar-refractivity contribution < 1.29 is 14.0 Å². The molecule has 0 spiro atoms. The number of hydrogen-bond donors (Lipinski definition) is 1. The number of Topliss-reactive ketones (excluding diaryl/α,β-unsaturated/α-hetero) is 2. The van der Waals surface area contributed by atoms with Gasteiger partial charge in [-0.1, -0.05) is 11.6 Å². The molecule has 0 bridgehead atoms. The molecule has 4 rings (SSSR count). The second-order valence-corrected chi connectivity index (χ2v) is 8.10. The van der Waals surface area contributed by atoms with E-state index >= 15 is 0 Å². The first-order chi connectivity index (χ1) is 13.3. The molecule has 6 nitrogen and oxygen atoms in total. The minimum Gasteiger partial charge on any atom is -0.366 e. The van der Waals surface area contributed by atoms with Crippen LogP contribution in [0, 0.1) is 5.82 Å². The Morgan fingerprint density at radius 3 is 2.61 bits per heavy atom. The van der Waals surface area contributed by atoms with E-state index in [0.717, 1.165) is 25.3 Å². The van der Waals surface area contributed by atoms with Crippen LogP contribution in [0.4, 0.5) is 10.1 Å². The van der Waals surface area contributed by atoms with E-state index in [1.165, 1.54) is 13.1 Å². The van der Waals surface area contributed by atoms with Crippen molar-refractivity contribution in [2.75, 3.05) is 18.0 Å². The Labute approximate surface area is 166 Å². The number of pyridine rings is 1. The maximum Gasteiger partial charge on any atom is 0.200 e. The summed E-state index contributed by atoms with van der Waals surface area (Å²) in [6.07, 6.45) is 3.63. The normalized spacial score (nSPS) is 19.4. The Balaban J connectivity index is 1.95. The van der Waals surface area contributed by atoms with Gasteiger partial charge in [0.25, 0.3) is 0 Å². The van der Waals surface area contributed by atoms with Gasteiger partial charge in [0.1, 0.15) is 11.6 Å². The largest absolute Gasteiger partial charge is 0.366 e. The zero-order valence-electron chi connectivity index (χ0n) is 15.5. The van der Waals surface area contributed by atoms with Crippen LogP contribution in [0.25, 0.3) is 10.9 Å². The highest BCUT2D eigenvalue weighted by molar-refractivity contribution is 6.38. The molecule has 28 heavy (non-hydrogen) atoms. The highest BCUT2D eigenvalue weighted by Crippen LogP contribution is 2.42. The van der Waals surface area contributed by atoms with Crippen molar-refractivity contribution >= 4 is 39.8 Å². The molecule has 2 N–H and O–H groups in total. The van der Waals surface area contributed by atoms with E-state index in [2.05, 4.69) is 0 Å². The fourth-order valence-electron chi connectivity index (χ4n) is 3.87. The van der Waals surface area contributed by atoms with Crippen molar-refractivity contribution in [3.63, 3.8) is 0 Å². The molecule has 1 saturated carbocycles. The Bertz CT molecular complexity index is 1060. The summed E-state index contributed by atoms with van der Waals surface area (Å²) in [4.78, 5) is 38.5. The van der Waals surface area contributed by atoms with Crippen LogP contribution in [0.2, 0.25) is 5.02 Å². The number of anilines is 1. The second-order valence-electron chi connectivity index (χ2n) is 7.72. The van der Waals surface area contributed by atoms with Crippen LogP contribution in [0.5, 0.6) is 0 Å². The number of carbonyl (C=O) groups excluding carboxylic acids is 2. The zero-order valence-corrected chi connectivity index (χ0v) is 16.3. The van der Waals surface area contributed by atoms with Crippen molar-refractivity contribution in [2.45, 2.75) is 44.7 Å². The Kier molecular flexibility index (Phi) is 4.75. The average Bonchev–Trinajstić information content (AvgIpc) is 3.37. The molecule has 148 valence electrons. The van der Waals surface area contributed by atoms with Crippen LogP contribution < -0.4 is 16.1 Å². The lowest BCUT2D eigenvalue weighted by atomic mass is 10.0. The van der Waals surface area contributed by atoms with Gasteiger partial charge in [-0.25, -0.2) is 4.39 Å². The third kappa shape index (κ3) is 3.22. The summed E-state index contributed by atoms with van der Waals surface area (Å²) in [5.41, 5.74) is 5.95. The molecular weight excluding hydrogens is 385 g/mol. The molecule has 1 unspecified atom stereocenters. The highest BCUT2D eigenvalue weighted by Gasteiger charge is 2.31. The Hall–Kier alpha value is -2.25. The second kappa shape index (κ2) is 6.97. The summed E-state index contributed by atoms with van der Waals surface area (Å²) >= 11 is 6.62. The summed E-state index contributed by atoms with van der Waals surface area (Å²) in [7, 11) is 0. The number of hydrogen-bond acceptors (Lipinski definition) is 5. The summed E-state index contributed by atoms with van der Waals surface area (Å²) in [5, 5.41) is 0.231. The summed E-state index contributed by atoms with van der Waals surface area (Å²) in [6.45, 7) is 2.37. The number of nitrogens with two attached hydrogens (primary N) is 1. The van der Waals surface area contributed by atoms with Gasteiger partial charge < -0.3 is 15.2 Å². The number of benzene rings is 1. The minimum absolute atomic E-state index is 0.0524. The van der Waals surface area contributed by atoms with Crippen LogP contribution in [0.15, 0.2) is 17.1 Å². The molecule has 2 aliphatic rings. The molecule has 2 aromatic rings. The summed E-state index contributed by atoms with van der Waals surface area (Å²) in [5.74, 6) is -1.49. The van der Waals surface area contributed by atoms with Crippen molar-refractivity contribution in [3.8, 4) is 0 Å². The van der Waals surface area contributed by atoms with E-state index in [9.17, 15) is 18.8 Å². The number of nitrogens with zero attached hydrogens (tertiary/aromatic N) is 2. The fourth-order valence-corrected chi connectivity index (χ4v) is 4.28. The van der Waals surface area contributed by atoms with Gasteiger partial charge in [-0.05, 0) is 32.3 Å². The molecule has 0 amide bonds. The number of fused-ring (bicyclic) bond motifs is 1. The predicted molar refractivity (Wildman–Crippen MR) is 106 cm³/mol. The van der Waals surface area contributed by atoms with Crippen molar-refractivity contribution in [1.82, 2.24) is 4.57 Å². The first-order valence-electron chi connectivity index (χ1n) is 9.38. The maximum atomic E-state index is 15.0. The molecule has 1 atom stereocenters. The first-order valence-corrected chi connectivity index (χ1v) is 9.75. The summed E-state index contributed by atoms with van der Waals surface area (Å²) < 4.78 is 16.8. The molecule has 2 fully saturated rings. The lowest BCUT2D eigenvalue weighted by molar-refractivity contribution is -0.116. The topological polar surface area (TPSA) is 85.4 Å². The number of halogens is 2. The number of ketones is 2. The van der Waals surface area contributed by atoms with Crippen molar-refractivity contribution in [3.05, 3.63) is 38.9 Å². The third-order valence-electron chi connectivity index (χ3n) is 5.37. The van der Waals surface area contributed by atoms with E-state index in [1.54, 1.807) is 9.47 Å². The van der Waals surface area contributed by atoms with Crippen LogP contribution >= 0.6 is 11.6 Å². The standard InChI is InChI=1S/C20H21ClFN3O3/c1-10(26)6-16(27)14-9-25(12-2-3-12)18-13(20(14)28)7-15(22)19(17(18)21)24-5-4-11(23)8-24/h7,9,11-12H,2-6,8,23H2,1H3. The molecule has 1 saturated heterocycles. The third-order valence-corrected chi connectivity index (χ3v) is 5.73. The van der Waals surface area contributed by atoms with Crippen LogP contribution in [0.1, 0.15) is 49.0 Å². The van der Waals surface area contributed by atoms with E-state index in [-0.39, 0.29) is 45.9 Å². The molecule has 1 aromatic carbocycles. The Morgan fingerprint density at radius 2 is 2.04 bits per heavy atom. The van der Waals surface area contributed by atoms with Crippen LogP contribution in [-0.4, -0.2) is 35.3 Å². The SMILES string of the molecule is CC(=O)CC(=O)c1cn(C2CC2)c2c(Cl)c(N3CCC(N)C3)c(F)cc2c1=O. The Morgan fingerprint density at radius 1 is 1.32 bits per heavy atom. The van der Waals surface area contributed by atoms with Gasteiger partial charge in [-0.2, -0.15) is 0 Å². The van der Waals surface area contributed by atoms with Gasteiger partial charge in [0.2, 0.25) is 0 Å². The minimum atomic E-state index is -0.609. The first kappa shape index (κ1) is 19.1. The van der Waals surface area contributed by atoms with E-state index in [1.807, 2.05) is 0 Å². The van der Waals surface area contributed by atoms with E-state index in [4.69, 9.17) is 17.3 Å². The molecule has 0 radical (unpaired) electrons. The molecule has 1 aliphatic heterocycles. The van der Waals surface area contributed by atoms with Gasteiger partial charge in [-0.15, -0.1) is 0 Å². The molecule has 2 heterocycles. The lowest BCUT2D eigenvalue weighted by Crippen LogP contribution is -2.27. The van der Waals surface area contributed by atoms with Gasteiger partial charge in [-0.3, -0.25) is 14.4 Å². The smallest absolute Gasteiger partial charge is 0.200 e. The van der Waals surface area contributed by atoms with Gasteiger partial charge in [0.05, 0.1) is 33.6 Å². The van der Waals surface area contributed by atoms with Crippen molar-refractivity contribution in [2.24, 2.45) is 5.73 Å². The predicted octanol–water partition coefficient (Wildman–Crippen LogP) is 2.83. The van der Waals surface area contributed by atoms with Crippen LogP contribution in [0.3, 0.4) is 0 Å². The molecular formula is C20H21ClFN3O3. The van der Waals surface area contributed by atoms with Gasteiger partial charge in [0, 0.05) is 31.4 Å². The highest BCUT2D eigenvalue weighted by atomic mass is 35.5. The van der Waals surface area contributed by atoms with E-state index < -0.39 is 17.0 Å². The molecule has 1 aliphatic carbocycles. The number of rotatable bonds is 5. The summed E-state index contributed by atoms with van der Waals surface area (Å²) in [6, 6.07) is 1.21. The van der Waals surface area contributed by atoms with Gasteiger partial charge in [0.15, 0.2) is 11.2 Å². The zero-order chi connectivity index (χ0) is 20.2. The van der Waals surface area contributed by atoms with Gasteiger partial charge >= 0.3 is 0 Å². The maximum absolute atomic E-state index is 15.0. The average molecular weight is 406 g/mol. The lowest BCUT2D eigenvalue weighted by Gasteiger charge is -2.23. The monoisotopic (exact) mass is 405 g/mol. The fraction of sp³-hybridized carbons (Fsp3) is 0.450. The van der Waals surface area contributed by atoms with Crippen LogP contribution in [-0.2, 0) is 4.79 Å². The number of aromatic nitrogens is 1. The molecule has 1 aromatic heterocycles. The number of carbonyl (C=O) groups is 2. The molecule has 8 heteroatoms. The quantitative estimate of drug-likeness (QED) is 0.610. The van der Waals surface area contributed by atoms with Crippen molar-refractivity contribution in [1.29, 1.82) is 0 Å². The van der Waals surface area contributed by atoms with E-state index in [0.29, 0.717) is 18.6 Å².